The van der Waals surface area contributed by atoms with Crippen molar-refractivity contribution < 1.29 is 15.1 Å². The number of amidine groups is 1. The highest BCUT2D eigenvalue weighted by atomic mass is 16.5. The lowest BCUT2D eigenvalue weighted by Crippen LogP contribution is -2.35. The smallest absolute Gasteiger partial charge is 0.144 e. The molecule has 0 aromatic carbocycles. The standard InChI is InChI=1S/C13H29N3O3/c1-13(2,12(14)16-18)7-4-5-8-15-11(6-9-17)10-19-3/h11,15,17-18H,4-10H2,1-3H3,(H2,14,16). The summed E-state index contributed by atoms with van der Waals surface area (Å²) in [4.78, 5) is 0. The average Bonchev–Trinajstić information content (AvgIpc) is 2.37. The highest BCUT2D eigenvalue weighted by Gasteiger charge is 2.22. The highest BCUT2D eigenvalue weighted by molar-refractivity contribution is 5.85. The third kappa shape index (κ3) is 8.02. The molecule has 0 bridgehead atoms. The van der Waals surface area contributed by atoms with Crippen molar-refractivity contribution in [3.8, 4) is 0 Å². The second-order valence-corrected chi connectivity index (χ2v) is 5.44. The van der Waals surface area contributed by atoms with Crippen LogP contribution in [0.1, 0.15) is 39.5 Å². The molecule has 0 radical (unpaired) electrons. The summed E-state index contributed by atoms with van der Waals surface area (Å²) in [6.45, 7) is 5.58. The lowest BCUT2D eigenvalue weighted by atomic mass is 9.86. The number of hydrogen-bond donors (Lipinski definition) is 4. The van der Waals surface area contributed by atoms with Gasteiger partial charge in [0.2, 0.25) is 0 Å². The predicted octanol–water partition coefficient (Wildman–Crippen LogP) is 0.916. The fourth-order valence-electron chi connectivity index (χ4n) is 1.86. The van der Waals surface area contributed by atoms with Gasteiger partial charge in [-0.15, -0.1) is 0 Å². The third-order valence-electron chi connectivity index (χ3n) is 3.31. The minimum atomic E-state index is -0.272. The minimum absolute atomic E-state index is 0.164. The molecule has 5 N–H and O–H groups in total. The maximum atomic E-state index is 8.91. The molecule has 114 valence electrons. The average molecular weight is 275 g/mol. The molecule has 0 aliphatic rings. The topological polar surface area (TPSA) is 100 Å². The van der Waals surface area contributed by atoms with Crippen molar-refractivity contribution in [1.29, 1.82) is 0 Å². The highest BCUT2D eigenvalue weighted by Crippen LogP contribution is 2.23. The first kappa shape index (κ1) is 18.1. The Labute approximate surface area is 116 Å². The van der Waals surface area contributed by atoms with Crippen molar-refractivity contribution in [2.24, 2.45) is 16.3 Å². The zero-order valence-corrected chi connectivity index (χ0v) is 12.4. The summed E-state index contributed by atoms with van der Waals surface area (Å²) in [5.41, 5.74) is 5.36. The van der Waals surface area contributed by atoms with Gasteiger partial charge in [0.1, 0.15) is 5.84 Å². The van der Waals surface area contributed by atoms with E-state index in [0.717, 1.165) is 25.8 Å². The molecule has 1 atom stereocenters. The van der Waals surface area contributed by atoms with Gasteiger partial charge in [-0.05, 0) is 25.8 Å². The van der Waals surface area contributed by atoms with Crippen LogP contribution < -0.4 is 11.1 Å². The summed E-state index contributed by atoms with van der Waals surface area (Å²) in [6, 6.07) is 0.201. The molecule has 6 heteroatoms. The van der Waals surface area contributed by atoms with Crippen LogP contribution in [0.5, 0.6) is 0 Å². The van der Waals surface area contributed by atoms with E-state index in [1.807, 2.05) is 13.8 Å². The van der Waals surface area contributed by atoms with Crippen LogP contribution in [0.25, 0.3) is 0 Å². The van der Waals surface area contributed by atoms with Gasteiger partial charge in [-0.2, -0.15) is 0 Å². The van der Waals surface area contributed by atoms with Gasteiger partial charge in [-0.25, -0.2) is 0 Å². The lowest BCUT2D eigenvalue weighted by molar-refractivity contribution is 0.148. The summed E-state index contributed by atoms with van der Waals surface area (Å²) < 4.78 is 5.08. The quantitative estimate of drug-likeness (QED) is 0.148. The Balaban J connectivity index is 3.79. The van der Waals surface area contributed by atoms with E-state index >= 15 is 0 Å². The first-order valence-electron chi connectivity index (χ1n) is 6.79. The molecular formula is C13H29N3O3. The number of oxime groups is 1. The molecule has 0 aromatic heterocycles. The van der Waals surface area contributed by atoms with Crippen molar-refractivity contribution in [3.05, 3.63) is 0 Å². The maximum absolute atomic E-state index is 8.91. The van der Waals surface area contributed by atoms with Gasteiger partial charge < -0.3 is 26.1 Å². The van der Waals surface area contributed by atoms with Crippen LogP contribution in [0, 0.1) is 5.41 Å². The SMILES string of the molecule is COCC(CCO)NCCCCC(C)(C)C(N)=NO. The van der Waals surface area contributed by atoms with Crippen molar-refractivity contribution in [3.63, 3.8) is 0 Å². The van der Waals surface area contributed by atoms with Gasteiger partial charge in [-0.3, -0.25) is 0 Å². The molecule has 0 fully saturated rings. The molecule has 6 nitrogen and oxygen atoms in total. The predicted molar refractivity (Wildman–Crippen MR) is 76.4 cm³/mol. The fraction of sp³-hybridized carbons (Fsp3) is 0.923. The number of nitrogens with two attached hydrogens (primary N) is 1. The van der Waals surface area contributed by atoms with E-state index in [-0.39, 0.29) is 23.9 Å². The van der Waals surface area contributed by atoms with E-state index in [2.05, 4.69) is 10.5 Å². The first-order valence-corrected chi connectivity index (χ1v) is 6.79. The van der Waals surface area contributed by atoms with Gasteiger partial charge in [-0.1, -0.05) is 25.4 Å². The Morgan fingerprint density at radius 2 is 2.11 bits per heavy atom. The molecule has 0 aliphatic heterocycles. The van der Waals surface area contributed by atoms with Crippen LogP contribution in [0.4, 0.5) is 0 Å². The Morgan fingerprint density at radius 3 is 2.63 bits per heavy atom. The van der Waals surface area contributed by atoms with Crippen LogP contribution in [0.3, 0.4) is 0 Å². The molecule has 0 rings (SSSR count). The number of methoxy groups -OCH3 is 1. The number of rotatable bonds is 11. The van der Waals surface area contributed by atoms with Gasteiger partial charge in [0.15, 0.2) is 0 Å². The Hall–Kier alpha value is -0.850. The van der Waals surface area contributed by atoms with E-state index < -0.39 is 0 Å². The lowest BCUT2D eigenvalue weighted by Gasteiger charge is -2.23. The zero-order chi connectivity index (χ0) is 14.7. The molecule has 19 heavy (non-hydrogen) atoms. The Kier molecular flexibility index (Phi) is 9.55. The molecule has 0 heterocycles. The van der Waals surface area contributed by atoms with Crippen molar-refractivity contribution in [1.82, 2.24) is 5.32 Å². The maximum Gasteiger partial charge on any atom is 0.144 e. The summed E-state index contributed by atoms with van der Waals surface area (Å²) in [5, 5.41) is 24.0. The van der Waals surface area contributed by atoms with Crippen LogP contribution >= 0.6 is 0 Å². The molecular weight excluding hydrogens is 246 g/mol. The van der Waals surface area contributed by atoms with Crippen LogP contribution in [-0.2, 0) is 4.74 Å². The Morgan fingerprint density at radius 1 is 1.42 bits per heavy atom. The third-order valence-corrected chi connectivity index (χ3v) is 3.31. The molecule has 0 aliphatic carbocycles. The van der Waals surface area contributed by atoms with Crippen LogP contribution in [0.15, 0.2) is 5.16 Å². The van der Waals surface area contributed by atoms with Gasteiger partial charge >= 0.3 is 0 Å². The van der Waals surface area contributed by atoms with Crippen molar-refractivity contribution in [2.75, 3.05) is 26.9 Å². The number of aliphatic hydroxyl groups is 1. The molecule has 0 amide bonds. The van der Waals surface area contributed by atoms with E-state index in [0.29, 0.717) is 13.0 Å². The monoisotopic (exact) mass is 275 g/mol. The van der Waals surface area contributed by atoms with E-state index in [9.17, 15) is 0 Å². The number of nitrogens with zero attached hydrogens (tertiary/aromatic N) is 1. The van der Waals surface area contributed by atoms with Gasteiger partial charge in [0.25, 0.3) is 0 Å². The zero-order valence-electron chi connectivity index (χ0n) is 12.4. The molecule has 0 spiro atoms. The second-order valence-electron chi connectivity index (χ2n) is 5.44. The number of ether oxygens (including phenoxy) is 1. The van der Waals surface area contributed by atoms with Crippen molar-refractivity contribution in [2.45, 2.75) is 45.6 Å². The summed E-state index contributed by atoms with van der Waals surface area (Å²) in [5.74, 6) is 0.276. The molecule has 0 saturated heterocycles. The minimum Gasteiger partial charge on any atom is -0.409 e. The van der Waals surface area contributed by atoms with E-state index in [1.54, 1.807) is 7.11 Å². The summed E-state index contributed by atoms with van der Waals surface area (Å²) >= 11 is 0. The van der Waals surface area contributed by atoms with E-state index in [4.69, 9.17) is 20.8 Å². The molecule has 1 unspecified atom stereocenters. The van der Waals surface area contributed by atoms with Crippen LogP contribution in [-0.4, -0.2) is 49.1 Å². The number of aliphatic hydroxyl groups excluding tert-OH is 1. The van der Waals surface area contributed by atoms with Crippen LogP contribution in [0.2, 0.25) is 0 Å². The van der Waals surface area contributed by atoms with E-state index in [1.165, 1.54) is 0 Å². The first-order chi connectivity index (χ1) is 8.97. The second kappa shape index (κ2) is 10.00. The summed E-state index contributed by atoms with van der Waals surface area (Å²) in [7, 11) is 1.66. The Bertz CT molecular complexity index is 252. The molecule has 0 aromatic rings. The number of nitrogens with one attached hydrogen (secondary N) is 1. The number of unbranched alkanes of at least 4 members (excludes halogenated alkanes) is 1. The summed E-state index contributed by atoms with van der Waals surface area (Å²) in [6.07, 6.45) is 3.58. The normalized spacial score (nSPS) is 14.6. The van der Waals surface area contributed by atoms with Gasteiger partial charge in [0, 0.05) is 25.2 Å². The largest absolute Gasteiger partial charge is 0.409 e. The van der Waals surface area contributed by atoms with Crippen molar-refractivity contribution >= 4 is 5.84 Å². The molecule has 0 saturated carbocycles. The fourth-order valence-corrected chi connectivity index (χ4v) is 1.86. The number of hydrogen-bond acceptors (Lipinski definition) is 5. The van der Waals surface area contributed by atoms with Gasteiger partial charge in [0.05, 0.1) is 6.61 Å².